The topological polar surface area (TPSA) is 137 Å². The van der Waals surface area contributed by atoms with Crippen LogP contribution in [-0.2, 0) is 6.54 Å². The maximum absolute atomic E-state index is 9.02. The summed E-state index contributed by atoms with van der Waals surface area (Å²) in [5, 5.41) is 17.0. The van der Waals surface area contributed by atoms with Crippen molar-refractivity contribution in [2.45, 2.75) is 45.3 Å². The van der Waals surface area contributed by atoms with Crippen molar-refractivity contribution in [2.75, 3.05) is 32.8 Å². The van der Waals surface area contributed by atoms with Gasteiger partial charge in [0.05, 0.1) is 36.5 Å². The van der Waals surface area contributed by atoms with Crippen molar-refractivity contribution in [2.24, 2.45) is 20.7 Å². The normalized spacial score (nSPS) is 18.1. The fraction of sp³-hybridized carbons (Fsp3) is 0.480. The molecule has 3 heterocycles. The lowest BCUT2D eigenvalue weighted by Gasteiger charge is -2.36. The minimum atomic E-state index is -0.235. The van der Waals surface area contributed by atoms with Crippen LogP contribution in [0.25, 0.3) is 11.4 Å². The first-order valence-electron chi connectivity index (χ1n) is 12.0. The van der Waals surface area contributed by atoms with Crippen molar-refractivity contribution < 1.29 is 9.84 Å². The number of fused-ring (bicyclic) bond motifs is 3. The molecule has 0 spiro atoms. The van der Waals surface area contributed by atoms with Gasteiger partial charge in [-0.2, -0.15) is 0 Å². The summed E-state index contributed by atoms with van der Waals surface area (Å²) in [6.07, 6.45) is 5.18. The van der Waals surface area contributed by atoms with Gasteiger partial charge >= 0.3 is 0 Å². The second-order valence-electron chi connectivity index (χ2n) is 9.17. The van der Waals surface area contributed by atoms with Gasteiger partial charge in [0.1, 0.15) is 23.9 Å². The highest BCUT2D eigenvalue weighted by atomic mass is 16.5. The van der Waals surface area contributed by atoms with Crippen LogP contribution in [-0.4, -0.2) is 88.6 Å². The van der Waals surface area contributed by atoms with Crippen LogP contribution in [0, 0.1) is 5.41 Å². The van der Waals surface area contributed by atoms with Gasteiger partial charge in [-0.15, -0.1) is 0 Å². The summed E-state index contributed by atoms with van der Waals surface area (Å²) in [6.45, 7) is 9.41. The smallest absolute Gasteiger partial charge is 0.177 e. The molecule has 2 aliphatic rings. The number of aliphatic hydroxyl groups is 1. The van der Waals surface area contributed by atoms with Crippen LogP contribution in [0.2, 0.25) is 0 Å². The number of aromatic nitrogens is 2. The van der Waals surface area contributed by atoms with Gasteiger partial charge in [0.2, 0.25) is 0 Å². The molecule has 2 aromatic rings. The largest absolute Gasteiger partial charge is 0.491 e. The number of β-amino-alcohol motifs (C(OH)–C–C–N with tert-alkyl or cyclic N) is 1. The third kappa shape index (κ3) is 5.83. The molecule has 4 N–H and O–H groups in total. The molecule has 0 amide bonds. The maximum atomic E-state index is 9.02. The fourth-order valence-corrected chi connectivity index (χ4v) is 4.18. The number of ether oxygens (including phenoxy) is 1. The molecule has 186 valence electrons. The Morgan fingerprint density at radius 1 is 1.37 bits per heavy atom. The third-order valence-electron chi connectivity index (χ3n) is 5.88. The molecule has 10 nitrogen and oxygen atoms in total. The Labute approximate surface area is 205 Å². The average Bonchev–Trinajstić information content (AvgIpc) is 3.13. The molecule has 0 aliphatic carbocycles. The number of likely N-dealkylation sites (tertiary alicyclic amines) is 1. The van der Waals surface area contributed by atoms with Gasteiger partial charge in [-0.3, -0.25) is 14.9 Å². The second-order valence-corrected chi connectivity index (χ2v) is 9.17. The van der Waals surface area contributed by atoms with Crippen LogP contribution in [0.1, 0.15) is 37.9 Å². The Kier molecular flexibility index (Phi) is 7.72. The SMILES string of the molecule is CC(N)=NC(=NC(C)C)c1cn2c(n1)-c1ccc(C(C=N)C=NC3CN(CCO)C3)cc1OCC2. The van der Waals surface area contributed by atoms with Crippen molar-refractivity contribution in [3.8, 4) is 17.1 Å². The van der Waals surface area contributed by atoms with Gasteiger partial charge in [-0.05, 0) is 38.5 Å². The lowest BCUT2D eigenvalue weighted by atomic mass is 9.98. The Hall–Kier alpha value is -3.37. The number of nitrogens with one attached hydrogen (secondary N) is 1. The van der Waals surface area contributed by atoms with E-state index in [1.54, 1.807) is 6.92 Å². The molecule has 1 fully saturated rings. The van der Waals surface area contributed by atoms with Crippen molar-refractivity contribution in [1.29, 1.82) is 5.41 Å². The van der Waals surface area contributed by atoms with Crippen molar-refractivity contribution in [3.05, 3.63) is 35.7 Å². The molecule has 1 aromatic heterocycles. The number of amidine groups is 2. The minimum Gasteiger partial charge on any atom is -0.491 e. The number of aliphatic imine (C=N–C) groups is 3. The number of imidazole rings is 1. The maximum Gasteiger partial charge on any atom is 0.177 e. The number of nitrogens with two attached hydrogens (primary N) is 1. The molecule has 0 saturated carbocycles. The van der Waals surface area contributed by atoms with Crippen LogP contribution < -0.4 is 10.5 Å². The van der Waals surface area contributed by atoms with E-state index in [0.717, 1.165) is 35.8 Å². The molecular weight excluding hydrogens is 444 g/mol. The molecule has 1 unspecified atom stereocenters. The first-order valence-corrected chi connectivity index (χ1v) is 12.0. The van der Waals surface area contributed by atoms with E-state index < -0.39 is 0 Å². The van der Waals surface area contributed by atoms with E-state index >= 15 is 0 Å². The van der Waals surface area contributed by atoms with Crippen LogP contribution in [0.5, 0.6) is 5.75 Å². The van der Waals surface area contributed by atoms with Crippen LogP contribution >= 0.6 is 0 Å². The first kappa shape index (κ1) is 24.7. The average molecular weight is 479 g/mol. The van der Waals surface area contributed by atoms with E-state index in [0.29, 0.717) is 37.1 Å². The highest BCUT2D eigenvalue weighted by Crippen LogP contribution is 2.34. The standard InChI is InChI=1S/C25H34N8O2/c1-16(2)29-24(30-17(3)27)22-15-33-7-9-35-23-10-18(4-5-21(23)25(33)31-22)19(11-26)12-28-20-13-32(14-20)6-8-34/h4-5,10-12,15-16,19-20,26,34H,6-9,13-14H2,1-3H3,(H2,27,29,30). The first-order chi connectivity index (χ1) is 16.9. The summed E-state index contributed by atoms with van der Waals surface area (Å²) in [4.78, 5) is 20.7. The number of hydrogen-bond donors (Lipinski definition) is 3. The predicted octanol–water partition coefficient (Wildman–Crippen LogP) is 1.96. The van der Waals surface area contributed by atoms with Crippen LogP contribution in [0.15, 0.2) is 39.4 Å². The quantitative estimate of drug-likeness (QED) is 0.393. The monoisotopic (exact) mass is 478 g/mol. The Balaban J connectivity index is 1.59. The summed E-state index contributed by atoms with van der Waals surface area (Å²) < 4.78 is 8.12. The molecular formula is C25H34N8O2. The van der Waals surface area contributed by atoms with Gasteiger partial charge < -0.3 is 25.6 Å². The van der Waals surface area contributed by atoms with Crippen LogP contribution in [0.3, 0.4) is 0 Å². The predicted molar refractivity (Wildman–Crippen MR) is 139 cm³/mol. The number of benzene rings is 1. The summed E-state index contributed by atoms with van der Waals surface area (Å²) in [5.74, 6) is 2.24. The lowest BCUT2D eigenvalue weighted by Crippen LogP contribution is -2.50. The molecule has 0 radical (unpaired) electrons. The fourth-order valence-electron chi connectivity index (χ4n) is 4.18. The molecule has 35 heavy (non-hydrogen) atoms. The molecule has 1 saturated heterocycles. The summed E-state index contributed by atoms with van der Waals surface area (Å²) in [7, 11) is 0. The molecule has 10 heteroatoms. The van der Waals surface area contributed by atoms with E-state index in [1.165, 1.54) is 6.21 Å². The van der Waals surface area contributed by atoms with Crippen molar-refractivity contribution in [3.63, 3.8) is 0 Å². The number of aliphatic hydroxyl groups excluding tert-OH is 1. The van der Waals surface area contributed by atoms with Gasteiger partial charge in [0, 0.05) is 44.3 Å². The number of hydrogen-bond acceptors (Lipinski definition) is 7. The Morgan fingerprint density at radius 3 is 2.86 bits per heavy atom. The van der Waals surface area contributed by atoms with E-state index in [1.807, 2.05) is 44.5 Å². The molecule has 0 bridgehead atoms. The van der Waals surface area contributed by atoms with Gasteiger partial charge in [-0.25, -0.2) is 9.98 Å². The van der Waals surface area contributed by atoms with E-state index in [2.05, 4.69) is 24.4 Å². The summed E-state index contributed by atoms with van der Waals surface area (Å²) >= 11 is 0. The Morgan fingerprint density at radius 2 is 2.17 bits per heavy atom. The molecule has 1 atom stereocenters. The molecule has 2 aliphatic heterocycles. The highest BCUT2D eigenvalue weighted by molar-refractivity contribution is 6.04. The zero-order valence-corrected chi connectivity index (χ0v) is 20.6. The van der Waals surface area contributed by atoms with Crippen LogP contribution in [0.4, 0.5) is 0 Å². The van der Waals surface area contributed by atoms with Gasteiger partial charge in [0.15, 0.2) is 5.84 Å². The molecule has 1 aromatic carbocycles. The second kappa shape index (κ2) is 10.9. The van der Waals surface area contributed by atoms with Gasteiger partial charge in [-0.1, -0.05) is 6.07 Å². The zero-order chi connectivity index (χ0) is 24.9. The lowest BCUT2D eigenvalue weighted by molar-refractivity contribution is 0.119. The van der Waals surface area contributed by atoms with E-state index in [9.17, 15) is 0 Å². The van der Waals surface area contributed by atoms with E-state index in [4.69, 9.17) is 26.0 Å². The summed E-state index contributed by atoms with van der Waals surface area (Å²) in [5.41, 5.74) is 8.34. The third-order valence-corrected chi connectivity index (χ3v) is 5.88. The zero-order valence-electron chi connectivity index (χ0n) is 20.6. The summed E-state index contributed by atoms with van der Waals surface area (Å²) in [6, 6.07) is 6.24. The number of rotatable bonds is 8. The van der Waals surface area contributed by atoms with Crippen molar-refractivity contribution in [1.82, 2.24) is 14.5 Å². The Bertz CT molecular complexity index is 1140. The minimum absolute atomic E-state index is 0.0604. The highest BCUT2D eigenvalue weighted by Gasteiger charge is 2.25. The van der Waals surface area contributed by atoms with Crippen molar-refractivity contribution >= 4 is 24.1 Å². The number of nitrogens with zero attached hydrogens (tertiary/aromatic N) is 6. The molecule has 4 rings (SSSR count). The van der Waals surface area contributed by atoms with Gasteiger partial charge in [0.25, 0.3) is 0 Å². The van der Waals surface area contributed by atoms with E-state index in [-0.39, 0.29) is 24.6 Å².